The van der Waals surface area contributed by atoms with Crippen LogP contribution < -0.4 is 10.0 Å². The molecule has 0 atom stereocenters. The van der Waals surface area contributed by atoms with Crippen LogP contribution in [0.4, 0.5) is 20.2 Å². The first kappa shape index (κ1) is 14.2. The van der Waals surface area contributed by atoms with Gasteiger partial charge in [0.15, 0.2) is 0 Å². The van der Waals surface area contributed by atoms with E-state index in [9.17, 15) is 22.0 Å². The molecule has 0 aromatic heterocycles. The van der Waals surface area contributed by atoms with Crippen LogP contribution in [-0.4, -0.2) is 32.3 Å². The minimum absolute atomic E-state index is 0.0824. The third kappa shape index (κ3) is 2.50. The molecule has 0 aliphatic heterocycles. The third-order valence-electron chi connectivity index (χ3n) is 2.20. The molecular formula is C9H10F2N2O4S. The zero-order chi connectivity index (χ0) is 14.1. The van der Waals surface area contributed by atoms with Gasteiger partial charge in [-0.25, -0.2) is 13.2 Å². The normalized spacial score (nSPS) is 11.6. The Morgan fingerprint density at radius 3 is 2.44 bits per heavy atom. The highest BCUT2D eigenvalue weighted by Gasteiger charge is 2.31. The monoisotopic (exact) mass is 280 g/mol. The maximum atomic E-state index is 12.4. The molecule has 1 rings (SSSR count). The van der Waals surface area contributed by atoms with E-state index in [0.717, 1.165) is 19.2 Å². The second-order valence-electron chi connectivity index (χ2n) is 3.35. The molecule has 0 amide bonds. The van der Waals surface area contributed by atoms with Crippen LogP contribution in [0.25, 0.3) is 0 Å². The Morgan fingerprint density at radius 2 is 2.00 bits per heavy atom. The van der Waals surface area contributed by atoms with Crippen molar-refractivity contribution in [1.29, 1.82) is 0 Å². The molecule has 0 radical (unpaired) electrons. The molecule has 18 heavy (non-hydrogen) atoms. The highest BCUT2D eigenvalue weighted by molar-refractivity contribution is 7.93. The van der Waals surface area contributed by atoms with Crippen LogP contribution in [0.15, 0.2) is 18.2 Å². The van der Waals surface area contributed by atoms with E-state index in [1.54, 1.807) is 0 Å². The van der Waals surface area contributed by atoms with Crippen molar-refractivity contribution < 1.29 is 27.1 Å². The molecular weight excluding hydrogens is 270 g/mol. The van der Waals surface area contributed by atoms with Gasteiger partial charge < -0.3 is 10.8 Å². The lowest BCUT2D eigenvalue weighted by atomic mass is 10.1. The van der Waals surface area contributed by atoms with Gasteiger partial charge in [-0.2, -0.15) is 8.78 Å². The summed E-state index contributed by atoms with van der Waals surface area (Å²) in [7, 11) is -4.06. The van der Waals surface area contributed by atoms with Gasteiger partial charge in [0.1, 0.15) is 0 Å². The molecule has 3 N–H and O–H groups in total. The van der Waals surface area contributed by atoms with E-state index in [-0.39, 0.29) is 15.7 Å². The van der Waals surface area contributed by atoms with E-state index >= 15 is 0 Å². The maximum Gasteiger partial charge on any atom is 0.355 e. The smallest absolute Gasteiger partial charge is 0.355 e. The van der Waals surface area contributed by atoms with Gasteiger partial charge in [-0.1, -0.05) is 0 Å². The fourth-order valence-corrected chi connectivity index (χ4v) is 1.93. The van der Waals surface area contributed by atoms with Crippen LogP contribution in [0.1, 0.15) is 10.4 Å². The first-order valence-electron chi connectivity index (χ1n) is 4.56. The van der Waals surface area contributed by atoms with Crippen molar-refractivity contribution in [2.75, 3.05) is 17.1 Å². The third-order valence-corrected chi connectivity index (χ3v) is 3.61. The van der Waals surface area contributed by atoms with Crippen LogP contribution >= 0.6 is 0 Å². The molecule has 0 fully saturated rings. The van der Waals surface area contributed by atoms with E-state index in [1.165, 1.54) is 6.07 Å². The first-order valence-corrected chi connectivity index (χ1v) is 6.07. The Bertz CT molecular complexity index is 574. The Balaban J connectivity index is 3.39. The van der Waals surface area contributed by atoms with Gasteiger partial charge in [0.25, 0.3) is 10.0 Å². The second kappa shape index (κ2) is 4.77. The van der Waals surface area contributed by atoms with Gasteiger partial charge >= 0.3 is 11.7 Å². The number of nitrogens with zero attached hydrogens (tertiary/aromatic N) is 1. The molecule has 0 heterocycles. The van der Waals surface area contributed by atoms with Gasteiger partial charge in [0, 0.05) is 12.7 Å². The van der Waals surface area contributed by atoms with Crippen molar-refractivity contribution in [2.45, 2.75) is 5.76 Å². The van der Waals surface area contributed by atoms with E-state index in [2.05, 4.69) is 0 Å². The summed E-state index contributed by atoms with van der Waals surface area (Å²) in [5, 5.41) is 8.88. The number of carbonyl (C=O) groups is 1. The molecule has 0 bridgehead atoms. The van der Waals surface area contributed by atoms with E-state index in [0.29, 0.717) is 0 Å². The van der Waals surface area contributed by atoms with Crippen LogP contribution in [0.5, 0.6) is 0 Å². The SMILES string of the molecule is CN(c1ccc(N)cc1C(=O)O)S(=O)(=O)C(F)F. The van der Waals surface area contributed by atoms with Crippen molar-refractivity contribution in [2.24, 2.45) is 0 Å². The van der Waals surface area contributed by atoms with Crippen molar-refractivity contribution in [3.8, 4) is 0 Å². The lowest BCUT2D eigenvalue weighted by molar-refractivity contribution is 0.0698. The summed E-state index contributed by atoms with van der Waals surface area (Å²) < 4.78 is 47.4. The van der Waals surface area contributed by atoms with Gasteiger partial charge in [-0.3, -0.25) is 4.31 Å². The topological polar surface area (TPSA) is 101 Å². The summed E-state index contributed by atoms with van der Waals surface area (Å²) in [5.41, 5.74) is 4.59. The Labute approximate surface area is 102 Å². The fourth-order valence-electron chi connectivity index (χ4n) is 1.26. The van der Waals surface area contributed by atoms with Crippen LogP contribution in [0.3, 0.4) is 0 Å². The Kier molecular flexibility index (Phi) is 3.75. The minimum atomic E-state index is -4.90. The van der Waals surface area contributed by atoms with E-state index < -0.39 is 27.3 Å². The number of carboxylic acids is 1. The molecule has 1 aromatic carbocycles. The van der Waals surface area contributed by atoms with Gasteiger partial charge in [0.2, 0.25) is 0 Å². The molecule has 6 nitrogen and oxygen atoms in total. The van der Waals surface area contributed by atoms with Crippen LogP contribution in [0, 0.1) is 0 Å². The number of nitrogens with two attached hydrogens (primary N) is 1. The zero-order valence-electron chi connectivity index (χ0n) is 9.17. The van der Waals surface area contributed by atoms with Gasteiger partial charge in [-0.15, -0.1) is 0 Å². The predicted octanol–water partition coefficient (Wildman–Crippen LogP) is 0.956. The van der Waals surface area contributed by atoms with Crippen molar-refractivity contribution >= 4 is 27.4 Å². The standard InChI is InChI=1S/C9H10F2N2O4S/c1-13(18(16,17)9(10)11)7-3-2-5(12)4-6(7)8(14)15/h2-4,9H,12H2,1H3,(H,14,15). The van der Waals surface area contributed by atoms with E-state index in [1.807, 2.05) is 0 Å². The highest BCUT2D eigenvalue weighted by Crippen LogP contribution is 2.26. The number of sulfonamides is 1. The molecule has 100 valence electrons. The number of rotatable bonds is 4. The van der Waals surface area contributed by atoms with Gasteiger partial charge in [-0.05, 0) is 18.2 Å². The fraction of sp³-hybridized carbons (Fsp3) is 0.222. The number of halogens is 2. The quantitative estimate of drug-likeness (QED) is 0.800. The molecule has 0 aliphatic rings. The van der Waals surface area contributed by atoms with Crippen LogP contribution in [-0.2, 0) is 10.0 Å². The average molecular weight is 280 g/mol. The molecule has 0 saturated heterocycles. The molecule has 9 heteroatoms. The number of hydrogen-bond acceptors (Lipinski definition) is 4. The first-order chi connectivity index (χ1) is 8.17. The van der Waals surface area contributed by atoms with Crippen molar-refractivity contribution in [1.82, 2.24) is 0 Å². The lowest BCUT2D eigenvalue weighted by Gasteiger charge is -2.20. The Morgan fingerprint density at radius 1 is 1.44 bits per heavy atom. The predicted molar refractivity (Wildman–Crippen MR) is 61.1 cm³/mol. The molecule has 0 spiro atoms. The summed E-state index contributed by atoms with van der Waals surface area (Å²) in [6, 6.07) is 3.27. The molecule has 0 unspecified atom stereocenters. The summed E-state index contributed by atoms with van der Waals surface area (Å²) >= 11 is 0. The summed E-state index contributed by atoms with van der Waals surface area (Å²) in [4.78, 5) is 10.9. The number of anilines is 2. The molecule has 0 aliphatic carbocycles. The van der Waals surface area contributed by atoms with Gasteiger partial charge in [0.05, 0.1) is 11.3 Å². The average Bonchev–Trinajstić information content (AvgIpc) is 2.27. The number of carboxylic acid groups (broad SMARTS) is 1. The van der Waals surface area contributed by atoms with E-state index in [4.69, 9.17) is 10.8 Å². The largest absolute Gasteiger partial charge is 0.478 e. The lowest BCUT2D eigenvalue weighted by Crippen LogP contribution is -2.33. The number of benzene rings is 1. The maximum absolute atomic E-state index is 12.4. The number of alkyl halides is 2. The van der Waals surface area contributed by atoms with Crippen molar-refractivity contribution in [3.05, 3.63) is 23.8 Å². The minimum Gasteiger partial charge on any atom is -0.478 e. The Hall–Kier alpha value is -1.90. The molecule has 0 saturated carbocycles. The summed E-state index contributed by atoms with van der Waals surface area (Å²) in [6.45, 7) is 0. The second-order valence-corrected chi connectivity index (χ2v) is 5.29. The summed E-state index contributed by atoms with van der Waals surface area (Å²) in [6.07, 6.45) is 0. The zero-order valence-corrected chi connectivity index (χ0v) is 9.99. The van der Waals surface area contributed by atoms with Crippen molar-refractivity contribution in [3.63, 3.8) is 0 Å². The number of nitrogen functional groups attached to an aromatic ring is 1. The molecule has 1 aromatic rings. The number of aromatic carboxylic acids is 1. The highest BCUT2D eigenvalue weighted by atomic mass is 32.2. The summed E-state index contributed by atoms with van der Waals surface area (Å²) in [5.74, 6) is -5.10. The number of hydrogen-bond donors (Lipinski definition) is 2. The van der Waals surface area contributed by atoms with Crippen LogP contribution in [0.2, 0.25) is 0 Å².